The summed E-state index contributed by atoms with van der Waals surface area (Å²) in [5, 5.41) is 4.88. The molecule has 0 amide bonds. The minimum atomic E-state index is -0.497. The maximum absolute atomic E-state index is 13.3. The molecule has 1 aromatic carbocycles. The first-order chi connectivity index (χ1) is 9.02. The summed E-state index contributed by atoms with van der Waals surface area (Å²) in [5.74, 6) is -0.0927. The number of nitrogens with two attached hydrogens (primary N) is 1. The van der Waals surface area contributed by atoms with Crippen LogP contribution in [0, 0.1) is 5.82 Å². The normalized spacial score (nSPS) is 10.7. The number of hydrogen-bond acceptors (Lipinski definition) is 3. The molecule has 2 N–H and O–H groups in total. The van der Waals surface area contributed by atoms with E-state index in [4.69, 9.17) is 22.1 Å². The van der Waals surface area contributed by atoms with Gasteiger partial charge in [-0.2, -0.15) is 5.10 Å². The van der Waals surface area contributed by atoms with Crippen LogP contribution in [0.4, 0.5) is 10.1 Å². The van der Waals surface area contributed by atoms with E-state index in [2.05, 4.69) is 5.10 Å². The Morgan fingerprint density at radius 1 is 1.47 bits per heavy atom. The summed E-state index contributed by atoms with van der Waals surface area (Å²) < 4.78 is 20.5. The highest BCUT2D eigenvalue weighted by molar-refractivity contribution is 6.31. The molecular weight excluding hydrogens is 269 g/mol. The van der Waals surface area contributed by atoms with Crippen molar-refractivity contribution in [3.63, 3.8) is 0 Å². The zero-order chi connectivity index (χ0) is 14.0. The minimum Gasteiger partial charge on any atom is -0.487 e. The smallest absolute Gasteiger partial charge is 0.149 e. The predicted octanol–water partition coefficient (Wildman–Crippen LogP) is 2.94. The van der Waals surface area contributed by atoms with E-state index in [0.717, 1.165) is 17.8 Å². The Balaban J connectivity index is 2.14. The molecular formula is C13H15ClFN3O. The summed E-state index contributed by atoms with van der Waals surface area (Å²) in [7, 11) is 1.80. The quantitative estimate of drug-likeness (QED) is 0.878. The van der Waals surface area contributed by atoms with Gasteiger partial charge in [-0.1, -0.05) is 18.5 Å². The minimum absolute atomic E-state index is 0.0965. The molecule has 19 heavy (non-hydrogen) atoms. The monoisotopic (exact) mass is 283 g/mol. The zero-order valence-electron chi connectivity index (χ0n) is 10.8. The summed E-state index contributed by atoms with van der Waals surface area (Å²) in [5.41, 5.74) is 7.08. The van der Waals surface area contributed by atoms with Crippen molar-refractivity contribution < 1.29 is 9.13 Å². The number of nitrogen functional groups attached to an aromatic ring is 1. The van der Waals surface area contributed by atoms with Crippen LogP contribution in [0.3, 0.4) is 0 Å². The first-order valence-electron chi connectivity index (χ1n) is 5.91. The molecule has 0 aliphatic carbocycles. The van der Waals surface area contributed by atoms with Gasteiger partial charge in [0.15, 0.2) is 0 Å². The van der Waals surface area contributed by atoms with Crippen molar-refractivity contribution in [1.82, 2.24) is 9.78 Å². The molecule has 0 fully saturated rings. The van der Waals surface area contributed by atoms with E-state index in [-0.39, 0.29) is 12.3 Å². The van der Waals surface area contributed by atoms with Crippen molar-refractivity contribution in [3.05, 3.63) is 40.4 Å². The molecule has 0 aliphatic rings. The van der Waals surface area contributed by atoms with Crippen LogP contribution in [0.25, 0.3) is 0 Å². The van der Waals surface area contributed by atoms with Gasteiger partial charge < -0.3 is 10.5 Å². The lowest BCUT2D eigenvalue weighted by molar-refractivity contribution is 0.293. The molecule has 1 aromatic heterocycles. The molecule has 2 rings (SSSR count). The second kappa shape index (κ2) is 5.48. The summed E-state index contributed by atoms with van der Waals surface area (Å²) in [6.45, 7) is 2.21. The van der Waals surface area contributed by atoms with Crippen molar-refractivity contribution >= 4 is 17.3 Å². The molecule has 0 aliphatic heterocycles. The first-order valence-corrected chi connectivity index (χ1v) is 6.28. The maximum Gasteiger partial charge on any atom is 0.149 e. The lowest BCUT2D eigenvalue weighted by Crippen LogP contribution is -2.04. The van der Waals surface area contributed by atoms with Gasteiger partial charge in [-0.3, -0.25) is 4.68 Å². The van der Waals surface area contributed by atoms with Gasteiger partial charge in [0.05, 0.1) is 22.1 Å². The lowest BCUT2D eigenvalue weighted by atomic mass is 10.3. The summed E-state index contributed by atoms with van der Waals surface area (Å²) in [4.78, 5) is 0. The Hall–Kier alpha value is -1.75. The van der Waals surface area contributed by atoms with E-state index < -0.39 is 5.82 Å². The molecule has 0 spiro atoms. The molecule has 102 valence electrons. The number of nitrogens with zero attached hydrogens (tertiary/aromatic N) is 2. The molecule has 0 saturated carbocycles. The van der Waals surface area contributed by atoms with E-state index >= 15 is 0 Å². The van der Waals surface area contributed by atoms with Gasteiger partial charge in [0.2, 0.25) is 0 Å². The molecule has 0 atom stereocenters. The highest BCUT2D eigenvalue weighted by atomic mass is 35.5. The number of halogens is 2. The highest BCUT2D eigenvalue weighted by Gasteiger charge is 2.13. The summed E-state index contributed by atoms with van der Waals surface area (Å²) in [6, 6.07) is 4.33. The number of hydrogen-bond donors (Lipinski definition) is 1. The molecule has 0 radical (unpaired) electrons. The van der Waals surface area contributed by atoms with Gasteiger partial charge >= 0.3 is 0 Å². The van der Waals surface area contributed by atoms with E-state index in [0.29, 0.717) is 10.8 Å². The predicted molar refractivity (Wildman–Crippen MR) is 72.7 cm³/mol. The third-order valence-electron chi connectivity index (χ3n) is 2.85. The Labute approximate surface area is 115 Å². The van der Waals surface area contributed by atoms with Gasteiger partial charge in [-0.25, -0.2) is 4.39 Å². The van der Waals surface area contributed by atoms with Crippen LogP contribution < -0.4 is 10.5 Å². The number of ether oxygens (including phenoxy) is 1. The molecule has 2 aromatic rings. The third-order valence-corrected chi connectivity index (χ3v) is 3.29. The fourth-order valence-electron chi connectivity index (χ4n) is 1.73. The summed E-state index contributed by atoms with van der Waals surface area (Å²) in [6.07, 6.45) is 0.753. The summed E-state index contributed by atoms with van der Waals surface area (Å²) >= 11 is 6.20. The van der Waals surface area contributed by atoms with Crippen LogP contribution in [-0.2, 0) is 20.1 Å². The lowest BCUT2D eigenvalue weighted by Gasteiger charge is -2.07. The maximum atomic E-state index is 13.3. The van der Waals surface area contributed by atoms with Crippen LogP contribution in [0.5, 0.6) is 5.75 Å². The van der Waals surface area contributed by atoms with Crippen LogP contribution in [-0.4, -0.2) is 9.78 Å². The fraction of sp³-hybridized carbons (Fsp3) is 0.308. The van der Waals surface area contributed by atoms with E-state index in [1.165, 1.54) is 12.1 Å². The average molecular weight is 284 g/mol. The molecule has 6 heteroatoms. The van der Waals surface area contributed by atoms with Gasteiger partial charge in [0, 0.05) is 13.1 Å². The standard InChI is InChI=1S/C13H15ClFN3O/c1-3-11-13(14)12(18(2)17-11)7-19-8-4-5-10(16)9(15)6-8/h4-6H,3,7,16H2,1-2H3. The van der Waals surface area contributed by atoms with Crippen LogP contribution in [0.1, 0.15) is 18.3 Å². The van der Waals surface area contributed by atoms with Crippen LogP contribution >= 0.6 is 11.6 Å². The van der Waals surface area contributed by atoms with Crippen molar-refractivity contribution in [3.8, 4) is 5.75 Å². The largest absolute Gasteiger partial charge is 0.487 e. The number of aryl methyl sites for hydroxylation is 2. The number of anilines is 1. The van der Waals surface area contributed by atoms with Gasteiger partial charge in [-0.05, 0) is 18.6 Å². The van der Waals surface area contributed by atoms with Crippen molar-refractivity contribution in [2.45, 2.75) is 20.0 Å². The molecule has 1 heterocycles. The Kier molecular flexibility index (Phi) is 3.95. The number of rotatable bonds is 4. The van der Waals surface area contributed by atoms with E-state index in [9.17, 15) is 4.39 Å². The highest BCUT2D eigenvalue weighted by Crippen LogP contribution is 2.24. The third kappa shape index (κ3) is 2.81. The van der Waals surface area contributed by atoms with Crippen LogP contribution in [0.15, 0.2) is 18.2 Å². The number of benzene rings is 1. The first kappa shape index (κ1) is 13.7. The van der Waals surface area contributed by atoms with E-state index in [1.54, 1.807) is 17.8 Å². The zero-order valence-corrected chi connectivity index (χ0v) is 11.5. The average Bonchev–Trinajstić information content (AvgIpc) is 2.66. The SMILES string of the molecule is CCc1nn(C)c(COc2ccc(N)c(F)c2)c1Cl. The van der Waals surface area contributed by atoms with Gasteiger partial charge in [-0.15, -0.1) is 0 Å². The second-order valence-electron chi connectivity index (χ2n) is 4.16. The van der Waals surface area contributed by atoms with Crippen molar-refractivity contribution in [2.24, 2.45) is 7.05 Å². The van der Waals surface area contributed by atoms with Crippen molar-refractivity contribution in [2.75, 3.05) is 5.73 Å². The molecule has 0 bridgehead atoms. The Bertz CT molecular complexity index is 598. The molecule has 0 saturated heterocycles. The van der Waals surface area contributed by atoms with Crippen molar-refractivity contribution in [1.29, 1.82) is 0 Å². The number of aromatic nitrogens is 2. The Morgan fingerprint density at radius 3 is 2.79 bits per heavy atom. The van der Waals surface area contributed by atoms with Gasteiger partial charge in [0.25, 0.3) is 0 Å². The topological polar surface area (TPSA) is 53.1 Å². The fourth-order valence-corrected chi connectivity index (χ4v) is 2.07. The molecule has 0 unspecified atom stereocenters. The second-order valence-corrected chi connectivity index (χ2v) is 4.53. The Morgan fingerprint density at radius 2 is 2.21 bits per heavy atom. The van der Waals surface area contributed by atoms with E-state index in [1.807, 2.05) is 6.92 Å². The van der Waals surface area contributed by atoms with Crippen LogP contribution in [0.2, 0.25) is 5.02 Å². The molecule has 4 nitrogen and oxygen atoms in total. The van der Waals surface area contributed by atoms with Gasteiger partial charge in [0.1, 0.15) is 18.2 Å².